The number of ether oxygens (including phenoxy) is 1. The van der Waals surface area contributed by atoms with Gasteiger partial charge in [0.05, 0.1) is 12.2 Å². The lowest BCUT2D eigenvalue weighted by atomic mass is 10.1. The van der Waals surface area contributed by atoms with Crippen molar-refractivity contribution in [2.75, 3.05) is 6.61 Å². The van der Waals surface area contributed by atoms with Gasteiger partial charge in [0.25, 0.3) is 0 Å². The number of hydrogen-bond donors (Lipinski definition) is 0. The van der Waals surface area contributed by atoms with E-state index in [2.05, 4.69) is 13.0 Å². The topological polar surface area (TPSA) is 9.23 Å². The zero-order chi connectivity index (χ0) is 6.32. The Morgan fingerprint density at radius 3 is 2.78 bits per heavy atom. The maximum absolute atomic E-state index is 5.57. The molecule has 1 saturated carbocycles. The monoisotopic (exact) mass is 124 g/mol. The number of hydrogen-bond acceptors (Lipinski definition) is 1. The van der Waals surface area contributed by atoms with Gasteiger partial charge in [0.1, 0.15) is 0 Å². The SMILES string of the molecule is CC1=CC2(CC2)OCC1. The molecule has 1 fully saturated rings. The molecule has 0 aromatic carbocycles. The second-order valence-electron chi connectivity index (χ2n) is 3.15. The van der Waals surface area contributed by atoms with E-state index in [-0.39, 0.29) is 5.60 Å². The van der Waals surface area contributed by atoms with Crippen LogP contribution >= 0.6 is 0 Å². The van der Waals surface area contributed by atoms with Crippen molar-refractivity contribution in [3.63, 3.8) is 0 Å². The molecule has 0 N–H and O–H groups in total. The summed E-state index contributed by atoms with van der Waals surface area (Å²) in [6.45, 7) is 3.14. The van der Waals surface area contributed by atoms with Crippen molar-refractivity contribution in [3.8, 4) is 0 Å². The Morgan fingerprint density at radius 1 is 1.56 bits per heavy atom. The Hall–Kier alpha value is -0.300. The summed E-state index contributed by atoms with van der Waals surface area (Å²) < 4.78 is 5.57. The summed E-state index contributed by atoms with van der Waals surface area (Å²) in [5, 5.41) is 0. The summed E-state index contributed by atoms with van der Waals surface area (Å²) in [6.07, 6.45) is 5.95. The fourth-order valence-electron chi connectivity index (χ4n) is 1.39. The molecule has 0 aromatic rings. The highest BCUT2D eigenvalue weighted by Crippen LogP contribution is 2.44. The molecular weight excluding hydrogens is 112 g/mol. The van der Waals surface area contributed by atoms with E-state index in [9.17, 15) is 0 Å². The molecule has 0 saturated heterocycles. The molecule has 2 rings (SSSR count). The first kappa shape index (κ1) is 5.48. The molecule has 0 aromatic heterocycles. The van der Waals surface area contributed by atoms with Crippen LogP contribution in [0.5, 0.6) is 0 Å². The molecule has 0 radical (unpaired) electrons. The van der Waals surface area contributed by atoms with E-state index in [0.717, 1.165) is 13.0 Å². The van der Waals surface area contributed by atoms with Crippen molar-refractivity contribution in [2.45, 2.75) is 31.8 Å². The fourth-order valence-corrected chi connectivity index (χ4v) is 1.39. The van der Waals surface area contributed by atoms with Crippen molar-refractivity contribution < 1.29 is 4.74 Å². The highest BCUT2D eigenvalue weighted by Gasteiger charge is 2.43. The maximum atomic E-state index is 5.57. The van der Waals surface area contributed by atoms with E-state index in [1.165, 1.54) is 18.4 Å². The first-order valence-corrected chi connectivity index (χ1v) is 3.63. The zero-order valence-corrected chi connectivity index (χ0v) is 5.81. The molecule has 1 heteroatoms. The summed E-state index contributed by atoms with van der Waals surface area (Å²) in [5.41, 5.74) is 1.75. The Balaban J connectivity index is 2.18. The number of rotatable bonds is 0. The van der Waals surface area contributed by atoms with Crippen LogP contribution < -0.4 is 0 Å². The standard InChI is InChI=1S/C8H12O/c1-7-2-5-9-8(6-7)3-4-8/h6H,2-5H2,1H3. The Morgan fingerprint density at radius 2 is 2.33 bits per heavy atom. The van der Waals surface area contributed by atoms with Gasteiger partial charge in [0.2, 0.25) is 0 Å². The van der Waals surface area contributed by atoms with Gasteiger partial charge in [0, 0.05) is 0 Å². The van der Waals surface area contributed by atoms with Gasteiger partial charge in [-0.25, -0.2) is 0 Å². The average molecular weight is 124 g/mol. The Bertz CT molecular complexity index is 154. The second-order valence-corrected chi connectivity index (χ2v) is 3.15. The predicted octanol–water partition coefficient (Wildman–Crippen LogP) is 1.89. The lowest BCUT2D eigenvalue weighted by Gasteiger charge is -2.18. The van der Waals surface area contributed by atoms with E-state index in [1.807, 2.05) is 0 Å². The molecule has 1 heterocycles. The van der Waals surface area contributed by atoms with E-state index in [0.29, 0.717) is 0 Å². The third kappa shape index (κ3) is 0.897. The maximum Gasteiger partial charge on any atom is 0.0867 e. The first-order valence-electron chi connectivity index (χ1n) is 3.63. The molecule has 1 nitrogen and oxygen atoms in total. The van der Waals surface area contributed by atoms with Crippen LogP contribution in [-0.4, -0.2) is 12.2 Å². The molecular formula is C8H12O. The van der Waals surface area contributed by atoms with Crippen molar-refractivity contribution >= 4 is 0 Å². The summed E-state index contributed by atoms with van der Waals surface area (Å²) in [7, 11) is 0. The molecule has 0 unspecified atom stereocenters. The van der Waals surface area contributed by atoms with Crippen molar-refractivity contribution in [1.82, 2.24) is 0 Å². The van der Waals surface area contributed by atoms with Crippen LogP contribution in [0.3, 0.4) is 0 Å². The largest absolute Gasteiger partial charge is 0.371 e. The van der Waals surface area contributed by atoms with Gasteiger partial charge in [0.15, 0.2) is 0 Å². The van der Waals surface area contributed by atoms with E-state index < -0.39 is 0 Å². The third-order valence-electron chi connectivity index (χ3n) is 2.14. The minimum Gasteiger partial charge on any atom is -0.371 e. The molecule has 1 aliphatic heterocycles. The summed E-state index contributed by atoms with van der Waals surface area (Å²) in [4.78, 5) is 0. The van der Waals surface area contributed by atoms with Gasteiger partial charge >= 0.3 is 0 Å². The molecule has 0 amide bonds. The van der Waals surface area contributed by atoms with E-state index >= 15 is 0 Å². The van der Waals surface area contributed by atoms with Crippen LogP contribution in [0.25, 0.3) is 0 Å². The molecule has 1 aliphatic carbocycles. The van der Waals surface area contributed by atoms with Gasteiger partial charge in [-0.15, -0.1) is 0 Å². The second kappa shape index (κ2) is 1.60. The average Bonchev–Trinajstić information content (AvgIpc) is 2.49. The summed E-state index contributed by atoms with van der Waals surface area (Å²) >= 11 is 0. The van der Waals surface area contributed by atoms with Crippen molar-refractivity contribution in [3.05, 3.63) is 11.6 Å². The summed E-state index contributed by atoms with van der Waals surface area (Å²) in [5.74, 6) is 0. The van der Waals surface area contributed by atoms with Gasteiger partial charge in [-0.1, -0.05) is 11.6 Å². The van der Waals surface area contributed by atoms with Crippen LogP contribution in [0, 0.1) is 0 Å². The third-order valence-corrected chi connectivity index (χ3v) is 2.14. The van der Waals surface area contributed by atoms with Gasteiger partial charge in [-0.2, -0.15) is 0 Å². The first-order chi connectivity index (χ1) is 4.31. The minimum absolute atomic E-state index is 0.238. The predicted molar refractivity (Wildman–Crippen MR) is 36.3 cm³/mol. The van der Waals surface area contributed by atoms with Crippen LogP contribution in [0.2, 0.25) is 0 Å². The molecule has 0 atom stereocenters. The van der Waals surface area contributed by atoms with Crippen LogP contribution in [0.1, 0.15) is 26.2 Å². The zero-order valence-electron chi connectivity index (χ0n) is 5.81. The molecule has 50 valence electrons. The fraction of sp³-hybridized carbons (Fsp3) is 0.750. The molecule has 0 bridgehead atoms. The van der Waals surface area contributed by atoms with Crippen LogP contribution in [0.15, 0.2) is 11.6 Å². The summed E-state index contributed by atoms with van der Waals surface area (Å²) in [6, 6.07) is 0. The van der Waals surface area contributed by atoms with Gasteiger partial charge < -0.3 is 4.74 Å². The highest BCUT2D eigenvalue weighted by molar-refractivity contribution is 5.19. The molecule has 2 aliphatic rings. The lowest BCUT2D eigenvalue weighted by Crippen LogP contribution is -2.17. The normalized spacial score (nSPS) is 30.1. The van der Waals surface area contributed by atoms with Crippen LogP contribution in [-0.2, 0) is 4.74 Å². The van der Waals surface area contributed by atoms with Gasteiger partial charge in [-0.3, -0.25) is 0 Å². The smallest absolute Gasteiger partial charge is 0.0867 e. The minimum atomic E-state index is 0.238. The van der Waals surface area contributed by atoms with Gasteiger partial charge in [-0.05, 0) is 26.2 Å². The lowest BCUT2D eigenvalue weighted by molar-refractivity contribution is 0.0585. The van der Waals surface area contributed by atoms with Crippen molar-refractivity contribution in [2.24, 2.45) is 0 Å². The van der Waals surface area contributed by atoms with E-state index in [1.54, 1.807) is 0 Å². The Labute approximate surface area is 55.7 Å². The van der Waals surface area contributed by atoms with E-state index in [4.69, 9.17) is 4.74 Å². The quantitative estimate of drug-likeness (QED) is 0.448. The van der Waals surface area contributed by atoms with Crippen LogP contribution in [0.4, 0.5) is 0 Å². The van der Waals surface area contributed by atoms with Crippen molar-refractivity contribution in [1.29, 1.82) is 0 Å². The Kier molecular flexibility index (Phi) is 0.974. The highest BCUT2D eigenvalue weighted by atomic mass is 16.5. The molecule has 9 heavy (non-hydrogen) atoms. The molecule has 1 spiro atoms.